The minimum absolute atomic E-state index is 0. The Kier molecular flexibility index (Phi) is 13.1. The fourth-order valence-electron chi connectivity index (χ4n) is 2.97. The molecule has 2 atom stereocenters. The van der Waals surface area contributed by atoms with E-state index in [1.165, 1.54) is 12.1 Å². The molecule has 0 radical (unpaired) electrons. The number of hydrogen-bond acceptors (Lipinski definition) is 7. The van der Waals surface area contributed by atoms with Crippen molar-refractivity contribution in [3.05, 3.63) is 50.8 Å². The minimum Gasteiger partial charge on any atom is -1.00 e. The van der Waals surface area contributed by atoms with Crippen molar-refractivity contribution in [2.24, 2.45) is 0 Å². The number of nitrogen functional groups attached to an aromatic ring is 1. The standard InChI is InChI=1S/C19H22N7O6.2Ba.2H/c20-19-25-15-14(17(30)26-19)23-11(8-22-15)7-21-10-3-1-9(2-4-10)16(29)24-12(18(31)32)5-6-13(27)28;;;;/h1-4,11-12H,5-8H2,(H8,20,21,22,24,25,26,27,28,29,30,31,32);;;;/q-1;2*+2;2*-1/p-1/t11?,12-;;;;/m0..../s1. The summed E-state index contributed by atoms with van der Waals surface area (Å²) in [7, 11) is 0. The van der Waals surface area contributed by atoms with Crippen molar-refractivity contribution >= 4 is 139 Å². The van der Waals surface area contributed by atoms with E-state index in [4.69, 9.17) is 15.9 Å². The zero-order chi connectivity index (χ0) is 23.3. The third-order valence-electron chi connectivity index (χ3n) is 4.60. The van der Waals surface area contributed by atoms with E-state index in [1.54, 1.807) is 12.1 Å². The van der Waals surface area contributed by atoms with Gasteiger partial charge in [0.1, 0.15) is 6.04 Å². The smallest absolute Gasteiger partial charge is 1.00 e. The number of amides is 1. The molecule has 2 heterocycles. The average Bonchev–Trinajstić information content (AvgIpc) is 2.75. The van der Waals surface area contributed by atoms with Gasteiger partial charge < -0.3 is 50.0 Å². The van der Waals surface area contributed by atoms with Crippen LogP contribution in [0.5, 0.6) is 0 Å². The molecular formula is C19H23Ba2N7O6. The molecule has 34 heavy (non-hydrogen) atoms. The Labute approximate surface area is 277 Å². The number of benzene rings is 1. The van der Waals surface area contributed by atoms with Crippen molar-refractivity contribution in [3.8, 4) is 0 Å². The van der Waals surface area contributed by atoms with E-state index in [0.29, 0.717) is 18.8 Å². The number of nitrogens with one attached hydrogen (secondary N) is 3. The number of nitrogens with two attached hydrogens (primary N) is 1. The fourth-order valence-corrected chi connectivity index (χ4v) is 2.97. The number of nitrogens with zero attached hydrogens (tertiary/aromatic N) is 3. The number of hydrogen-bond donors (Lipinski definition) is 6. The maximum atomic E-state index is 12.3. The van der Waals surface area contributed by atoms with Crippen LogP contribution in [0.25, 0.3) is 10.6 Å². The predicted octanol–water partition coefficient (Wildman–Crippen LogP) is 0.368. The van der Waals surface area contributed by atoms with Crippen LogP contribution in [0.3, 0.4) is 0 Å². The van der Waals surface area contributed by atoms with E-state index in [0.717, 1.165) is 0 Å². The van der Waals surface area contributed by atoms with Crippen LogP contribution in [0.4, 0.5) is 23.1 Å². The summed E-state index contributed by atoms with van der Waals surface area (Å²) in [6, 6.07) is 4.66. The van der Waals surface area contributed by atoms with Crippen LogP contribution in [-0.2, 0) is 9.59 Å². The van der Waals surface area contributed by atoms with Crippen molar-refractivity contribution in [2.45, 2.75) is 24.9 Å². The van der Waals surface area contributed by atoms with Crippen molar-refractivity contribution < 1.29 is 27.4 Å². The first-order chi connectivity index (χ1) is 15.2. The summed E-state index contributed by atoms with van der Waals surface area (Å²) in [6.07, 6.45) is -0.599. The SMILES string of the molecule is Nc1nc2c(c(=O)[nH]1)[N-]C(CNc1ccc(C(=O)N[C@@H](CCC(=O)O)C(=O)O)cc1)C[N-]2.[Ba+2].[Ba+2].[H-].[H-]. The van der Waals surface area contributed by atoms with Crippen LogP contribution in [0, 0.1) is 0 Å². The molecule has 0 fully saturated rings. The summed E-state index contributed by atoms with van der Waals surface area (Å²) < 4.78 is 0. The van der Waals surface area contributed by atoms with Crippen molar-refractivity contribution in [1.82, 2.24) is 15.3 Å². The average molecular weight is 720 g/mol. The molecule has 0 saturated heterocycles. The molecule has 15 heteroatoms. The van der Waals surface area contributed by atoms with Gasteiger partial charge in [0, 0.05) is 24.2 Å². The quantitative estimate of drug-likeness (QED) is 0.197. The summed E-state index contributed by atoms with van der Waals surface area (Å²) in [5, 5.41) is 31.9. The van der Waals surface area contributed by atoms with Gasteiger partial charge in [-0.2, -0.15) is 0 Å². The van der Waals surface area contributed by atoms with Gasteiger partial charge >= 0.3 is 110 Å². The molecule has 0 aliphatic carbocycles. The second-order valence-corrected chi connectivity index (χ2v) is 7.00. The first-order valence-electron chi connectivity index (χ1n) is 9.60. The van der Waals surface area contributed by atoms with Gasteiger partial charge in [-0.15, -0.1) is 6.04 Å². The molecule has 1 aromatic carbocycles. The Morgan fingerprint density at radius 3 is 2.53 bits per heavy atom. The molecule has 0 bridgehead atoms. The molecule has 0 spiro atoms. The molecule has 1 amide bonds. The number of aliphatic carboxylic acids is 2. The molecule has 1 aromatic heterocycles. The maximum Gasteiger partial charge on any atom is 2.00 e. The summed E-state index contributed by atoms with van der Waals surface area (Å²) >= 11 is 0. The van der Waals surface area contributed by atoms with E-state index in [1.807, 2.05) is 0 Å². The topological polar surface area (TPSA) is 216 Å². The number of aromatic amines is 1. The minimum atomic E-state index is -1.31. The number of carbonyl (C=O) groups is 3. The van der Waals surface area contributed by atoms with Gasteiger partial charge in [-0.1, -0.05) is 18.1 Å². The van der Waals surface area contributed by atoms with Gasteiger partial charge in [-0.25, -0.2) is 4.79 Å². The number of H-pyrrole nitrogens is 1. The van der Waals surface area contributed by atoms with Crippen LogP contribution in [-0.4, -0.2) is 161 Å². The van der Waals surface area contributed by atoms with Crippen LogP contribution >= 0.6 is 0 Å². The van der Waals surface area contributed by atoms with Gasteiger partial charge in [-0.05, 0) is 30.7 Å². The number of fused-ring (bicyclic) bond motifs is 1. The third-order valence-corrected chi connectivity index (χ3v) is 4.60. The van der Waals surface area contributed by atoms with Crippen molar-refractivity contribution in [2.75, 3.05) is 24.1 Å². The van der Waals surface area contributed by atoms with E-state index < -0.39 is 29.4 Å². The number of carbonyl (C=O) groups excluding carboxylic acids is 1. The zero-order valence-corrected chi connectivity index (χ0v) is 27.0. The number of carboxylic acids is 2. The summed E-state index contributed by atoms with van der Waals surface area (Å²) in [4.78, 5) is 52.4. The second-order valence-electron chi connectivity index (χ2n) is 7.00. The van der Waals surface area contributed by atoms with Crippen LogP contribution in [0.15, 0.2) is 29.1 Å². The number of rotatable bonds is 9. The zero-order valence-electron chi connectivity index (χ0n) is 20.2. The molecular weight excluding hydrogens is 697 g/mol. The van der Waals surface area contributed by atoms with Gasteiger partial charge in [0.05, 0.1) is 5.95 Å². The fraction of sp³-hybridized carbons (Fsp3) is 0.316. The summed E-state index contributed by atoms with van der Waals surface area (Å²) in [5.41, 5.74) is 6.05. The molecule has 1 aliphatic rings. The van der Waals surface area contributed by atoms with Crippen LogP contribution < -0.4 is 21.9 Å². The largest absolute Gasteiger partial charge is 2.00 e. The van der Waals surface area contributed by atoms with Gasteiger partial charge in [0.25, 0.3) is 5.91 Å². The van der Waals surface area contributed by atoms with Crippen LogP contribution in [0.1, 0.15) is 26.1 Å². The summed E-state index contributed by atoms with van der Waals surface area (Å²) in [6.45, 7) is 0.692. The monoisotopic (exact) mass is 721 g/mol. The molecule has 1 unspecified atom stereocenters. The molecule has 2 aromatic rings. The van der Waals surface area contributed by atoms with Gasteiger partial charge in [0.15, 0.2) is 0 Å². The normalized spacial score (nSPS) is 14.5. The van der Waals surface area contributed by atoms with E-state index in [-0.39, 0.29) is 143 Å². The first kappa shape index (κ1) is 30.9. The van der Waals surface area contributed by atoms with E-state index in [9.17, 15) is 19.2 Å². The van der Waals surface area contributed by atoms with Crippen molar-refractivity contribution in [1.29, 1.82) is 0 Å². The first-order valence-corrected chi connectivity index (χ1v) is 9.60. The Bertz CT molecular complexity index is 1090. The Morgan fingerprint density at radius 2 is 1.91 bits per heavy atom. The van der Waals surface area contributed by atoms with Gasteiger partial charge in [-0.3, -0.25) is 14.4 Å². The summed E-state index contributed by atoms with van der Waals surface area (Å²) in [5.74, 6) is -2.89. The Morgan fingerprint density at radius 1 is 1.24 bits per heavy atom. The predicted molar refractivity (Wildman–Crippen MR) is 128 cm³/mol. The van der Waals surface area contributed by atoms with Crippen LogP contribution in [0.2, 0.25) is 0 Å². The molecule has 13 nitrogen and oxygen atoms in total. The second kappa shape index (κ2) is 14.4. The Balaban J connectivity index is 0. The number of carboxylic acid groups (broad SMARTS) is 2. The molecule has 3 rings (SSSR count). The molecule has 1 aliphatic heterocycles. The van der Waals surface area contributed by atoms with E-state index in [2.05, 4.69) is 31.2 Å². The molecule has 174 valence electrons. The molecule has 7 N–H and O–H groups in total. The van der Waals surface area contributed by atoms with Gasteiger partial charge in [0.2, 0.25) is 5.56 Å². The number of anilines is 2. The molecule has 0 saturated carbocycles. The Hall–Kier alpha value is -1.15. The third kappa shape index (κ3) is 8.81. The number of aromatic nitrogens is 2. The van der Waals surface area contributed by atoms with Crippen molar-refractivity contribution in [3.63, 3.8) is 0 Å². The maximum absolute atomic E-state index is 12.3. The van der Waals surface area contributed by atoms with E-state index >= 15 is 0 Å².